The molecule has 0 amide bonds. The van der Waals surface area contributed by atoms with E-state index in [0.29, 0.717) is 0 Å². The van der Waals surface area contributed by atoms with E-state index in [0.717, 1.165) is 30.1 Å². The van der Waals surface area contributed by atoms with Crippen LogP contribution in [0.2, 0.25) is 30.1 Å². The SMILES string of the molecule is Clc1ccc([PH+](c2ccc(Cl)cc2)c2ccc(Cl)cc2)cc1.Clc1ccc([PH+](c2ccc(Cl)cc2)c2ccc(Cl)cc2)cc1.[Cl][Hg][Cl]. The van der Waals surface area contributed by atoms with E-state index in [9.17, 15) is 0 Å². The molecule has 0 fully saturated rings. The molecular weight excluding hydrogens is 979 g/mol. The van der Waals surface area contributed by atoms with E-state index in [1.807, 2.05) is 72.8 Å². The number of benzene rings is 6. The Bertz CT molecular complexity index is 1450. The average Bonchev–Trinajstić information content (AvgIpc) is 3.07. The molecule has 0 aliphatic rings. The molecule has 6 aromatic carbocycles. The molecule has 0 spiro atoms. The molecule has 236 valence electrons. The summed E-state index contributed by atoms with van der Waals surface area (Å²) in [6.07, 6.45) is 0. The molecular formula is C36H26Cl8HgP2+2. The molecule has 0 saturated heterocycles. The van der Waals surface area contributed by atoms with Gasteiger partial charge in [0, 0.05) is 30.1 Å². The maximum absolute atomic E-state index is 6.03. The van der Waals surface area contributed by atoms with Crippen LogP contribution in [0.1, 0.15) is 0 Å². The van der Waals surface area contributed by atoms with Crippen molar-refractivity contribution in [2.45, 2.75) is 0 Å². The van der Waals surface area contributed by atoms with Crippen LogP contribution in [-0.4, -0.2) is 0 Å². The summed E-state index contributed by atoms with van der Waals surface area (Å²) in [5, 5.41) is 12.1. The van der Waals surface area contributed by atoms with Gasteiger partial charge in [0.05, 0.1) is 15.8 Å². The normalized spacial score (nSPS) is 10.4. The fraction of sp³-hybridized carbons (Fsp3) is 0. The van der Waals surface area contributed by atoms with Crippen molar-refractivity contribution in [3.8, 4) is 0 Å². The minimum absolute atomic E-state index is 0.748. The van der Waals surface area contributed by atoms with Crippen molar-refractivity contribution in [3.63, 3.8) is 0 Å². The molecule has 0 atom stereocenters. The zero-order valence-electron chi connectivity index (χ0n) is 24.6. The third-order valence-electron chi connectivity index (χ3n) is 6.80. The predicted molar refractivity (Wildman–Crippen MR) is 215 cm³/mol. The summed E-state index contributed by atoms with van der Waals surface area (Å²) >= 11 is 35.0. The summed E-state index contributed by atoms with van der Waals surface area (Å²) < 4.78 is 0. The third-order valence-corrected chi connectivity index (χ3v) is 13.8. The van der Waals surface area contributed by atoms with Gasteiger partial charge in [-0.3, -0.25) is 0 Å². The molecule has 0 aliphatic carbocycles. The van der Waals surface area contributed by atoms with E-state index in [4.69, 9.17) is 86.1 Å². The molecule has 6 aromatic rings. The van der Waals surface area contributed by atoms with Crippen LogP contribution in [0.3, 0.4) is 0 Å². The van der Waals surface area contributed by atoms with E-state index >= 15 is 0 Å². The van der Waals surface area contributed by atoms with E-state index in [1.54, 1.807) is 0 Å². The van der Waals surface area contributed by atoms with E-state index in [2.05, 4.69) is 72.8 Å². The fourth-order valence-electron chi connectivity index (χ4n) is 4.70. The van der Waals surface area contributed by atoms with Gasteiger partial charge in [0.25, 0.3) is 0 Å². The van der Waals surface area contributed by atoms with Gasteiger partial charge in [0.1, 0.15) is 31.8 Å². The van der Waals surface area contributed by atoms with Crippen LogP contribution < -0.4 is 31.8 Å². The molecule has 6 rings (SSSR count). The van der Waals surface area contributed by atoms with Crippen LogP contribution in [0, 0.1) is 0 Å². The Kier molecular flexibility index (Phi) is 17.0. The van der Waals surface area contributed by atoms with Crippen LogP contribution in [0.15, 0.2) is 146 Å². The summed E-state index contributed by atoms with van der Waals surface area (Å²) in [6.45, 7) is 0. The van der Waals surface area contributed by atoms with Crippen molar-refractivity contribution >= 4 is 134 Å². The molecule has 0 saturated carbocycles. The first kappa shape index (κ1) is 39.2. The number of hydrogen-bond acceptors (Lipinski definition) is 0. The molecule has 0 N–H and O–H groups in total. The van der Waals surface area contributed by atoms with E-state index in [-0.39, 0.29) is 0 Å². The van der Waals surface area contributed by atoms with Gasteiger partial charge in [-0.2, -0.15) is 0 Å². The second-order valence-electron chi connectivity index (χ2n) is 9.89. The first-order valence-corrected chi connectivity index (χ1v) is 32.9. The summed E-state index contributed by atoms with van der Waals surface area (Å²) in [6, 6.07) is 48.4. The number of hydrogen-bond donors (Lipinski definition) is 0. The Morgan fingerprint density at radius 3 is 0.468 bits per heavy atom. The van der Waals surface area contributed by atoms with Crippen LogP contribution >= 0.6 is 102 Å². The van der Waals surface area contributed by atoms with Gasteiger partial charge in [-0.25, -0.2) is 0 Å². The molecule has 0 nitrogen and oxygen atoms in total. The zero-order valence-corrected chi connectivity index (χ0v) is 38.1. The predicted octanol–water partition coefficient (Wildman–Crippen LogP) is 11.7. The quantitative estimate of drug-likeness (QED) is 0.115. The van der Waals surface area contributed by atoms with Gasteiger partial charge in [-0.05, 0) is 146 Å². The van der Waals surface area contributed by atoms with Gasteiger partial charge in [0.15, 0.2) is 0 Å². The van der Waals surface area contributed by atoms with Crippen molar-refractivity contribution in [1.82, 2.24) is 0 Å². The van der Waals surface area contributed by atoms with Crippen LogP contribution in [0.25, 0.3) is 0 Å². The average molecular weight is 1000 g/mol. The first-order chi connectivity index (χ1) is 22.7. The van der Waals surface area contributed by atoms with Gasteiger partial charge in [0.2, 0.25) is 0 Å². The summed E-state index contributed by atoms with van der Waals surface area (Å²) in [7, 11) is 7.77. The Morgan fingerprint density at radius 2 is 0.362 bits per heavy atom. The van der Waals surface area contributed by atoms with Crippen molar-refractivity contribution in [2.24, 2.45) is 0 Å². The number of rotatable bonds is 6. The second kappa shape index (κ2) is 20.3. The van der Waals surface area contributed by atoms with Gasteiger partial charge in [-0.15, -0.1) is 0 Å². The summed E-state index contributed by atoms with van der Waals surface area (Å²) in [4.78, 5) is 0. The molecule has 0 radical (unpaired) electrons. The number of halogens is 8. The van der Waals surface area contributed by atoms with Crippen molar-refractivity contribution in [2.75, 3.05) is 0 Å². The van der Waals surface area contributed by atoms with E-state index in [1.165, 1.54) is 31.8 Å². The second-order valence-corrected chi connectivity index (χ2v) is 25.4. The monoisotopic (exact) mass is 1000 g/mol. The van der Waals surface area contributed by atoms with Gasteiger partial charge < -0.3 is 0 Å². The fourth-order valence-corrected chi connectivity index (χ4v) is 10.5. The van der Waals surface area contributed by atoms with Gasteiger partial charge in [-0.1, -0.05) is 69.6 Å². The molecule has 0 aromatic heterocycles. The van der Waals surface area contributed by atoms with Gasteiger partial charge >= 0.3 is 38.6 Å². The Morgan fingerprint density at radius 1 is 0.255 bits per heavy atom. The van der Waals surface area contributed by atoms with Crippen LogP contribution in [-0.2, 0) is 22.1 Å². The zero-order chi connectivity index (χ0) is 33.8. The summed E-state index contributed by atoms with van der Waals surface area (Å²) in [5.41, 5.74) is 0. The Labute approximate surface area is 328 Å². The molecule has 0 bridgehead atoms. The Balaban J connectivity index is 0.000000197. The topological polar surface area (TPSA) is 0 Å². The van der Waals surface area contributed by atoms with E-state index < -0.39 is 37.9 Å². The first-order valence-electron chi connectivity index (χ1n) is 14.1. The van der Waals surface area contributed by atoms with Crippen molar-refractivity contribution in [3.05, 3.63) is 176 Å². The van der Waals surface area contributed by atoms with Crippen LogP contribution in [0.4, 0.5) is 0 Å². The molecule has 0 aliphatic heterocycles. The van der Waals surface area contributed by atoms with Crippen molar-refractivity contribution in [1.29, 1.82) is 0 Å². The molecule has 0 heterocycles. The molecule has 47 heavy (non-hydrogen) atoms. The standard InChI is InChI=1S/2C18H12Cl3P.2ClH.Hg/c2*19-13-1-7-16(8-2-13)22(17-9-3-14(20)4-10-17)18-11-5-15(21)6-12-18;;;/h2*1-12H;2*1H;/q;;;;+2. The van der Waals surface area contributed by atoms with Crippen molar-refractivity contribution < 1.29 is 22.1 Å². The summed E-state index contributed by atoms with van der Waals surface area (Å²) in [5.74, 6) is 0. The minimum atomic E-state index is -1.14. The molecule has 11 heteroatoms. The molecule has 0 unspecified atom stereocenters. The third kappa shape index (κ3) is 12.3. The Hall–Kier alpha value is -0.565. The maximum atomic E-state index is 6.03. The van der Waals surface area contributed by atoms with Crippen LogP contribution in [0.5, 0.6) is 0 Å².